The summed E-state index contributed by atoms with van der Waals surface area (Å²) in [4.78, 5) is 30.0. The summed E-state index contributed by atoms with van der Waals surface area (Å²) in [6.45, 7) is 2.19. The fraction of sp³-hybridized carbons (Fsp3) is 0.471. The summed E-state index contributed by atoms with van der Waals surface area (Å²) in [5.74, 6) is -0.196. The Morgan fingerprint density at radius 3 is 2.83 bits per heavy atom. The van der Waals surface area contributed by atoms with Crippen LogP contribution >= 0.6 is 11.3 Å². The van der Waals surface area contributed by atoms with Gasteiger partial charge in [-0.1, -0.05) is 6.92 Å². The first-order valence-electron chi connectivity index (χ1n) is 8.28. The fourth-order valence-electron chi connectivity index (χ4n) is 2.93. The molecule has 3 rings (SSSR count). The van der Waals surface area contributed by atoms with Crippen LogP contribution in [0.3, 0.4) is 0 Å². The number of anilines is 1. The van der Waals surface area contributed by atoms with Crippen LogP contribution in [0.15, 0.2) is 12.5 Å². The van der Waals surface area contributed by atoms with E-state index < -0.39 is 0 Å². The van der Waals surface area contributed by atoms with E-state index in [-0.39, 0.29) is 11.8 Å². The molecule has 0 aliphatic heterocycles. The third-order valence-electron chi connectivity index (χ3n) is 4.16. The Balaban J connectivity index is 1.82. The van der Waals surface area contributed by atoms with Crippen LogP contribution in [0, 0.1) is 0 Å². The van der Waals surface area contributed by atoms with E-state index >= 15 is 0 Å². The minimum Gasteiger partial charge on any atom is -0.346 e. The largest absolute Gasteiger partial charge is 0.346 e. The molecule has 24 heavy (non-hydrogen) atoms. The molecule has 7 heteroatoms. The number of amides is 2. The van der Waals surface area contributed by atoms with E-state index in [9.17, 15) is 9.59 Å². The molecule has 0 bridgehead atoms. The predicted octanol–water partition coefficient (Wildman–Crippen LogP) is 2.64. The summed E-state index contributed by atoms with van der Waals surface area (Å²) in [6.07, 6.45) is 8.11. The van der Waals surface area contributed by atoms with Gasteiger partial charge in [-0.15, -0.1) is 11.3 Å². The maximum absolute atomic E-state index is 12.8. The van der Waals surface area contributed by atoms with Gasteiger partial charge in [0.15, 0.2) is 0 Å². The molecule has 2 heterocycles. The molecule has 1 aliphatic rings. The SMILES string of the molecule is CCC(=O)Nc1sc2c(c1C(=O)NCc1cn(C)cn1)CCCC2. The molecule has 0 spiro atoms. The zero-order valence-corrected chi connectivity index (χ0v) is 14.8. The van der Waals surface area contributed by atoms with Gasteiger partial charge < -0.3 is 15.2 Å². The fourth-order valence-corrected chi connectivity index (χ4v) is 4.23. The molecule has 0 atom stereocenters. The molecule has 0 fully saturated rings. The molecule has 0 saturated carbocycles. The van der Waals surface area contributed by atoms with Crippen molar-refractivity contribution >= 4 is 28.2 Å². The number of nitrogens with zero attached hydrogens (tertiary/aromatic N) is 2. The summed E-state index contributed by atoms with van der Waals surface area (Å²) < 4.78 is 1.85. The van der Waals surface area contributed by atoms with Gasteiger partial charge in [-0.2, -0.15) is 0 Å². The second-order valence-corrected chi connectivity index (χ2v) is 7.14. The average Bonchev–Trinajstić information content (AvgIpc) is 3.15. The van der Waals surface area contributed by atoms with Gasteiger partial charge in [0.25, 0.3) is 5.91 Å². The van der Waals surface area contributed by atoms with E-state index in [1.807, 2.05) is 24.7 Å². The molecule has 2 N–H and O–H groups in total. The maximum Gasteiger partial charge on any atom is 0.254 e. The molecule has 128 valence electrons. The monoisotopic (exact) mass is 346 g/mol. The lowest BCUT2D eigenvalue weighted by atomic mass is 9.95. The van der Waals surface area contributed by atoms with Crippen LogP contribution < -0.4 is 10.6 Å². The van der Waals surface area contributed by atoms with Crippen molar-refractivity contribution in [1.82, 2.24) is 14.9 Å². The normalized spacial score (nSPS) is 13.4. The molecular weight excluding hydrogens is 324 g/mol. The number of aryl methyl sites for hydroxylation is 2. The van der Waals surface area contributed by atoms with Crippen LogP contribution in [-0.4, -0.2) is 21.4 Å². The van der Waals surface area contributed by atoms with Crippen LogP contribution in [0.4, 0.5) is 5.00 Å². The van der Waals surface area contributed by atoms with Crippen molar-refractivity contribution in [2.75, 3.05) is 5.32 Å². The summed E-state index contributed by atoms with van der Waals surface area (Å²) in [5, 5.41) is 6.52. The number of hydrogen-bond donors (Lipinski definition) is 2. The van der Waals surface area contributed by atoms with Gasteiger partial charge in [0.1, 0.15) is 5.00 Å². The van der Waals surface area contributed by atoms with E-state index in [0.717, 1.165) is 36.9 Å². The molecule has 2 aromatic heterocycles. The third-order valence-corrected chi connectivity index (χ3v) is 5.37. The van der Waals surface area contributed by atoms with Crippen molar-refractivity contribution < 1.29 is 9.59 Å². The summed E-state index contributed by atoms with van der Waals surface area (Å²) in [7, 11) is 1.89. The number of carbonyl (C=O) groups is 2. The molecular formula is C17H22N4O2S. The number of fused-ring (bicyclic) bond motifs is 1. The second-order valence-electron chi connectivity index (χ2n) is 6.03. The number of aromatic nitrogens is 2. The lowest BCUT2D eigenvalue weighted by Crippen LogP contribution is -2.25. The number of nitrogens with one attached hydrogen (secondary N) is 2. The molecule has 0 aromatic carbocycles. The molecule has 2 amide bonds. The smallest absolute Gasteiger partial charge is 0.254 e. The number of imidazole rings is 1. The van der Waals surface area contributed by atoms with Crippen LogP contribution in [0.2, 0.25) is 0 Å². The zero-order chi connectivity index (χ0) is 17.1. The van der Waals surface area contributed by atoms with Gasteiger partial charge in [-0.3, -0.25) is 9.59 Å². The first-order chi connectivity index (χ1) is 11.6. The minimum atomic E-state index is -0.133. The Kier molecular flexibility index (Phi) is 4.99. The lowest BCUT2D eigenvalue weighted by molar-refractivity contribution is -0.115. The topological polar surface area (TPSA) is 76.0 Å². The average molecular weight is 346 g/mol. The highest BCUT2D eigenvalue weighted by Gasteiger charge is 2.26. The van der Waals surface area contributed by atoms with Crippen molar-refractivity contribution in [3.8, 4) is 0 Å². The van der Waals surface area contributed by atoms with Gasteiger partial charge in [0, 0.05) is 24.5 Å². The first kappa shape index (κ1) is 16.7. The van der Waals surface area contributed by atoms with Crippen LogP contribution in [-0.2, 0) is 31.2 Å². The molecule has 0 unspecified atom stereocenters. The van der Waals surface area contributed by atoms with E-state index in [0.29, 0.717) is 23.5 Å². The van der Waals surface area contributed by atoms with Gasteiger partial charge >= 0.3 is 0 Å². The van der Waals surface area contributed by atoms with Crippen molar-refractivity contribution in [3.05, 3.63) is 34.2 Å². The predicted molar refractivity (Wildman–Crippen MR) is 94.3 cm³/mol. The molecule has 0 saturated heterocycles. The van der Waals surface area contributed by atoms with E-state index in [1.165, 1.54) is 4.88 Å². The van der Waals surface area contributed by atoms with Crippen molar-refractivity contribution in [3.63, 3.8) is 0 Å². The lowest BCUT2D eigenvalue weighted by Gasteiger charge is -2.13. The quantitative estimate of drug-likeness (QED) is 0.874. The second kappa shape index (κ2) is 7.17. The Labute approximate surface area is 145 Å². The van der Waals surface area contributed by atoms with Crippen LogP contribution in [0.1, 0.15) is 52.7 Å². The highest BCUT2D eigenvalue weighted by Crippen LogP contribution is 2.38. The number of carbonyl (C=O) groups excluding carboxylic acids is 2. The molecule has 0 radical (unpaired) electrons. The summed E-state index contributed by atoms with van der Waals surface area (Å²) in [6, 6.07) is 0. The first-order valence-corrected chi connectivity index (χ1v) is 9.09. The van der Waals surface area contributed by atoms with E-state index in [2.05, 4.69) is 15.6 Å². The number of thiophene rings is 1. The van der Waals surface area contributed by atoms with Gasteiger partial charge in [-0.05, 0) is 31.2 Å². The Morgan fingerprint density at radius 1 is 1.33 bits per heavy atom. The Hall–Kier alpha value is -2.15. The van der Waals surface area contributed by atoms with Gasteiger partial charge in [0.2, 0.25) is 5.91 Å². The van der Waals surface area contributed by atoms with Crippen molar-refractivity contribution in [2.24, 2.45) is 7.05 Å². The summed E-state index contributed by atoms with van der Waals surface area (Å²) >= 11 is 1.55. The highest BCUT2D eigenvalue weighted by atomic mass is 32.1. The highest BCUT2D eigenvalue weighted by molar-refractivity contribution is 7.17. The zero-order valence-electron chi connectivity index (χ0n) is 14.0. The van der Waals surface area contributed by atoms with E-state index in [4.69, 9.17) is 0 Å². The number of hydrogen-bond acceptors (Lipinski definition) is 4. The van der Waals surface area contributed by atoms with Crippen LogP contribution in [0.5, 0.6) is 0 Å². The van der Waals surface area contributed by atoms with Crippen molar-refractivity contribution in [2.45, 2.75) is 45.6 Å². The molecule has 6 nitrogen and oxygen atoms in total. The summed E-state index contributed by atoms with van der Waals surface area (Å²) in [5.41, 5.74) is 2.57. The third kappa shape index (κ3) is 3.51. The van der Waals surface area contributed by atoms with Gasteiger partial charge in [0.05, 0.1) is 24.1 Å². The standard InChI is InChI=1S/C17H22N4O2S/c1-3-14(22)20-17-15(12-6-4-5-7-13(12)24-17)16(23)18-8-11-9-21(2)10-19-11/h9-10H,3-8H2,1-2H3,(H,18,23)(H,20,22). The van der Waals surface area contributed by atoms with Crippen LogP contribution in [0.25, 0.3) is 0 Å². The molecule has 2 aromatic rings. The molecule has 1 aliphatic carbocycles. The Morgan fingerprint density at radius 2 is 2.12 bits per heavy atom. The maximum atomic E-state index is 12.8. The minimum absolute atomic E-state index is 0.0626. The Bertz CT molecular complexity index is 763. The van der Waals surface area contributed by atoms with E-state index in [1.54, 1.807) is 17.7 Å². The van der Waals surface area contributed by atoms with Gasteiger partial charge in [-0.25, -0.2) is 4.98 Å². The number of rotatable bonds is 5. The van der Waals surface area contributed by atoms with Crippen molar-refractivity contribution in [1.29, 1.82) is 0 Å².